The Labute approximate surface area is 184 Å². The second-order valence-electron chi connectivity index (χ2n) is 7.63. The highest BCUT2D eigenvalue weighted by Gasteiger charge is 2.28. The molecule has 1 atom stereocenters. The monoisotopic (exact) mass is 463 g/mol. The van der Waals surface area contributed by atoms with Crippen LogP contribution in [-0.2, 0) is 10.0 Å². The first-order valence-electron chi connectivity index (χ1n) is 9.73. The number of sulfonamides is 1. The van der Waals surface area contributed by atoms with Crippen LogP contribution in [0.2, 0.25) is 5.02 Å². The molecule has 9 heteroatoms. The van der Waals surface area contributed by atoms with E-state index in [9.17, 15) is 13.2 Å². The lowest BCUT2D eigenvalue weighted by molar-refractivity contribution is 0.102. The third-order valence-electron chi connectivity index (χ3n) is 5.34. The van der Waals surface area contributed by atoms with Gasteiger partial charge in [-0.15, -0.1) is 0 Å². The smallest absolute Gasteiger partial charge is 0.257 e. The lowest BCUT2D eigenvalue weighted by Gasteiger charge is -2.30. The summed E-state index contributed by atoms with van der Waals surface area (Å²) < 4.78 is 28.2. The number of aryl methyl sites for hydroxylation is 1. The van der Waals surface area contributed by atoms with E-state index in [4.69, 9.17) is 11.6 Å². The number of benzene rings is 2. The molecule has 0 aliphatic carbocycles. The van der Waals surface area contributed by atoms with E-state index in [-0.39, 0.29) is 10.8 Å². The third-order valence-corrected chi connectivity index (χ3v) is 8.57. The van der Waals surface area contributed by atoms with Gasteiger partial charge in [0.25, 0.3) is 5.91 Å². The Hall–Kier alpha value is -2.00. The molecule has 4 rings (SSSR count). The summed E-state index contributed by atoms with van der Waals surface area (Å²) in [6.45, 7) is 5.02. The number of piperidine rings is 1. The number of rotatable bonds is 4. The van der Waals surface area contributed by atoms with Gasteiger partial charge in [0.2, 0.25) is 10.0 Å². The molecule has 1 aliphatic heterocycles. The van der Waals surface area contributed by atoms with E-state index in [1.165, 1.54) is 39.9 Å². The maximum atomic E-state index is 12.9. The van der Waals surface area contributed by atoms with Crippen LogP contribution in [0.4, 0.5) is 5.13 Å². The summed E-state index contributed by atoms with van der Waals surface area (Å²) in [6.07, 6.45) is 1.91. The molecule has 1 aliphatic rings. The number of nitrogens with one attached hydrogen (secondary N) is 1. The Bertz CT molecular complexity index is 1210. The van der Waals surface area contributed by atoms with Crippen molar-refractivity contribution in [3.05, 3.63) is 52.5 Å². The van der Waals surface area contributed by atoms with Crippen LogP contribution in [0, 0.1) is 12.8 Å². The van der Waals surface area contributed by atoms with E-state index in [0.29, 0.717) is 34.7 Å². The van der Waals surface area contributed by atoms with Gasteiger partial charge in [-0.05, 0) is 67.6 Å². The van der Waals surface area contributed by atoms with Crippen LogP contribution in [0.1, 0.15) is 35.7 Å². The largest absolute Gasteiger partial charge is 0.298 e. The molecule has 1 N–H and O–H groups in total. The normalized spacial score (nSPS) is 17.9. The Morgan fingerprint density at radius 1 is 1.23 bits per heavy atom. The molecule has 0 spiro atoms. The van der Waals surface area contributed by atoms with Crippen molar-refractivity contribution in [3.8, 4) is 0 Å². The highest BCUT2D eigenvalue weighted by molar-refractivity contribution is 7.89. The number of hydrogen-bond acceptors (Lipinski definition) is 5. The fraction of sp³-hybridized carbons (Fsp3) is 0.333. The third kappa shape index (κ3) is 4.09. The number of nitrogens with zero attached hydrogens (tertiary/aromatic N) is 2. The lowest BCUT2D eigenvalue weighted by Crippen LogP contribution is -2.39. The van der Waals surface area contributed by atoms with Gasteiger partial charge in [-0.3, -0.25) is 10.1 Å². The lowest BCUT2D eigenvalue weighted by atomic mass is 10.0. The molecule has 1 amide bonds. The van der Waals surface area contributed by atoms with E-state index >= 15 is 0 Å². The molecule has 3 aromatic rings. The van der Waals surface area contributed by atoms with Crippen molar-refractivity contribution in [2.45, 2.75) is 31.6 Å². The molecule has 2 aromatic carbocycles. The molecule has 0 bridgehead atoms. The topological polar surface area (TPSA) is 79.4 Å². The SMILES string of the molecule is Cc1c(Cl)ccc2sc(NC(=O)c3ccc(S(=O)(=O)N4CCCC(C)C4)cc3)nc12. The van der Waals surface area contributed by atoms with Gasteiger partial charge in [0.15, 0.2) is 5.13 Å². The highest BCUT2D eigenvalue weighted by Crippen LogP contribution is 2.32. The molecular formula is C21H22ClN3O3S2. The summed E-state index contributed by atoms with van der Waals surface area (Å²) in [6, 6.07) is 9.73. The highest BCUT2D eigenvalue weighted by atomic mass is 35.5. The zero-order valence-corrected chi connectivity index (χ0v) is 19.1. The second kappa shape index (κ2) is 8.26. The summed E-state index contributed by atoms with van der Waals surface area (Å²) in [7, 11) is -3.54. The van der Waals surface area contributed by atoms with Gasteiger partial charge in [0.05, 0.1) is 15.1 Å². The van der Waals surface area contributed by atoms with Crippen molar-refractivity contribution in [3.63, 3.8) is 0 Å². The molecule has 30 heavy (non-hydrogen) atoms. The van der Waals surface area contributed by atoms with Gasteiger partial charge in [0, 0.05) is 23.7 Å². The van der Waals surface area contributed by atoms with Crippen molar-refractivity contribution in [1.82, 2.24) is 9.29 Å². The number of amides is 1. The van der Waals surface area contributed by atoms with Gasteiger partial charge in [-0.1, -0.05) is 29.9 Å². The maximum Gasteiger partial charge on any atom is 0.257 e. The standard InChI is InChI=1S/C21H22ClN3O3S2/c1-13-4-3-11-25(12-13)30(27,28)16-7-5-15(6-8-16)20(26)24-21-23-19-14(2)17(22)9-10-18(19)29-21/h5-10,13H,3-4,11-12H2,1-2H3,(H,23,24,26). The first kappa shape index (κ1) is 21.2. The molecule has 6 nitrogen and oxygen atoms in total. The van der Waals surface area contributed by atoms with Crippen molar-refractivity contribution < 1.29 is 13.2 Å². The molecular weight excluding hydrogens is 442 g/mol. The summed E-state index contributed by atoms with van der Waals surface area (Å²) >= 11 is 7.50. The van der Waals surface area contributed by atoms with Gasteiger partial charge in [0.1, 0.15) is 0 Å². The van der Waals surface area contributed by atoms with E-state index < -0.39 is 10.0 Å². The molecule has 0 saturated carbocycles. The summed E-state index contributed by atoms with van der Waals surface area (Å²) in [5, 5.41) is 3.89. The number of thiazole rings is 1. The number of anilines is 1. The van der Waals surface area contributed by atoms with E-state index in [1.54, 1.807) is 0 Å². The summed E-state index contributed by atoms with van der Waals surface area (Å²) in [5.74, 6) is 0.0132. The first-order chi connectivity index (χ1) is 14.3. The Morgan fingerprint density at radius 2 is 1.97 bits per heavy atom. The summed E-state index contributed by atoms with van der Waals surface area (Å²) in [5.41, 5.74) is 2.00. The van der Waals surface area contributed by atoms with Crippen LogP contribution in [0.3, 0.4) is 0 Å². The van der Waals surface area contributed by atoms with Crippen molar-refractivity contribution in [1.29, 1.82) is 0 Å². The fourth-order valence-corrected chi connectivity index (χ4v) is 6.29. The van der Waals surface area contributed by atoms with Crippen LogP contribution < -0.4 is 5.32 Å². The minimum absolute atomic E-state index is 0.207. The quantitative estimate of drug-likeness (QED) is 0.594. The predicted molar refractivity (Wildman–Crippen MR) is 121 cm³/mol. The molecule has 1 saturated heterocycles. The van der Waals surface area contributed by atoms with E-state index in [2.05, 4.69) is 17.2 Å². The van der Waals surface area contributed by atoms with E-state index in [1.807, 2.05) is 19.1 Å². The molecule has 1 aromatic heterocycles. The minimum atomic E-state index is -3.54. The number of fused-ring (bicyclic) bond motifs is 1. The fourth-order valence-electron chi connectivity index (χ4n) is 3.62. The maximum absolute atomic E-state index is 12.9. The second-order valence-corrected chi connectivity index (χ2v) is 11.0. The van der Waals surface area contributed by atoms with Gasteiger partial charge in [-0.25, -0.2) is 13.4 Å². The molecule has 1 fully saturated rings. The van der Waals surface area contributed by atoms with Crippen LogP contribution in [0.5, 0.6) is 0 Å². The predicted octanol–water partition coefficient (Wildman–Crippen LogP) is 4.93. The van der Waals surface area contributed by atoms with Crippen LogP contribution in [-0.4, -0.2) is 36.7 Å². The van der Waals surface area contributed by atoms with Crippen LogP contribution >= 0.6 is 22.9 Å². The van der Waals surface area contributed by atoms with Crippen molar-refractivity contribution in [2.75, 3.05) is 18.4 Å². The van der Waals surface area contributed by atoms with E-state index in [0.717, 1.165) is 28.6 Å². The average Bonchev–Trinajstić information content (AvgIpc) is 3.14. The minimum Gasteiger partial charge on any atom is -0.298 e. The Kier molecular flexibility index (Phi) is 5.85. The number of aromatic nitrogens is 1. The number of carbonyl (C=O) groups excluding carboxylic acids is 1. The first-order valence-corrected chi connectivity index (χ1v) is 12.4. The molecule has 0 radical (unpaired) electrons. The Morgan fingerprint density at radius 3 is 2.67 bits per heavy atom. The van der Waals surface area contributed by atoms with Gasteiger partial charge >= 0.3 is 0 Å². The zero-order valence-electron chi connectivity index (χ0n) is 16.7. The number of carbonyl (C=O) groups is 1. The molecule has 158 valence electrons. The molecule has 1 unspecified atom stereocenters. The zero-order chi connectivity index (χ0) is 21.5. The average molecular weight is 464 g/mol. The van der Waals surface area contributed by atoms with Gasteiger partial charge < -0.3 is 0 Å². The molecule has 2 heterocycles. The Balaban J connectivity index is 1.51. The number of halogens is 1. The van der Waals surface area contributed by atoms with Crippen molar-refractivity contribution in [2.24, 2.45) is 5.92 Å². The van der Waals surface area contributed by atoms with Gasteiger partial charge in [-0.2, -0.15) is 4.31 Å². The van der Waals surface area contributed by atoms with Crippen molar-refractivity contribution >= 4 is 54.2 Å². The number of hydrogen-bond donors (Lipinski definition) is 1. The van der Waals surface area contributed by atoms with Crippen LogP contribution in [0.25, 0.3) is 10.2 Å². The van der Waals surface area contributed by atoms with Crippen LogP contribution in [0.15, 0.2) is 41.3 Å². The summed E-state index contributed by atoms with van der Waals surface area (Å²) in [4.78, 5) is 17.3.